The summed E-state index contributed by atoms with van der Waals surface area (Å²) in [6.45, 7) is 5.44. The Kier molecular flexibility index (Phi) is 3.72. The molecule has 0 bridgehead atoms. The van der Waals surface area contributed by atoms with Gasteiger partial charge in [-0.2, -0.15) is 0 Å². The van der Waals surface area contributed by atoms with Crippen molar-refractivity contribution >= 4 is 23.6 Å². The molecular formula is C14H18ClNO. The van der Waals surface area contributed by atoms with Gasteiger partial charge in [0.1, 0.15) is 6.29 Å². The molecule has 3 heteroatoms. The van der Waals surface area contributed by atoms with Gasteiger partial charge in [0.2, 0.25) is 0 Å². The van der Waals surface area contributed by atoms with Crippen LogP contribution >= 0.6 is 11.6 Å². The third-order valence-corrected chi connectivity index (χ3v) is 3.27. The molecule has 17 heavy (non-hydrogen) atoms. The number of anilines is 1. The van der Waals surface area contributed by atoms with Crippen molar-refractivity contribution < 1.29 is 4.79 Å². The average Bonchev–Trinajstić information content (AvgIpc) is 3.09. The number of carbonyl (C=O) groups excluding carboxylic acids is 1. The van der Waals surface area contributed by atoms with Gasteiger partial charge in [0.15, 0.2) is 0 Å². The summed E-state index contributed by atoms with van der Waals surface area (Å²) in [5.41, 5.74) is 1.70. The molecule has 0 spiro atoms. The second-order valence-electron chi connectivity index (χ2n) is 5.11. The van der Waals surface area contributed by atoms with E-state index in [1.54, 1.807) is 6.07 Å². The van der Waals surface area contributed by atoms with Crippen LogP contribution in [0.3, 0.4) is 0 Å². The minimum atomic E-state index is 0.609. The Labute approximate surface area is 108 Å². The molecule has 0 aromatic heterocycles. The molecule has 0 atom stereocenters. The highest BCUT2D eigenvalue weighted by Crippen LogP contribution is 2.36. The van der Waals surface area contributed by atoms with Gasteiger partial charge in [-0.25, -0.2) is 0 Å². The van der Waals surface area contributed by atoms with Gasteiger partial charge in [0, 0.05) is 18.2 Å². The first kappa shape index (κ1) is 12.4. The third-order valence-electron chi connectivity index (χ3n) is 2.97. The molecule has 0 heterocycles. The zero-order valence-electron chi connectivity index (χ0n) is 10.3. The topological polar surface area (TPSA) is 20.3 Å². The highest BCUT2D eigenvalue weighted by atomic mass is 35.5. The number of nitrogens with zero attached hydrogens (tertiary/aromatic N) is 1. The van der Waals surface area contributed by atoms with E-state index in [4.69, 9.17) is 11.6 Å². The molecule has 2 rings (SSSR count). The quantitative estimate of drug-likeness (QED) is 0.743. The van der Waals surface area contributed by atoms with E-state index in [-0.39, 0.29) is 0 Å². The zero-order chi connectivity index (χ0) is 12.4. The van der Waals surface area contributed by atoms with Crippen molar-refractivity contribution in [1.29, 1.82) is 0 Å². The van der Waals surface area contributed by atoms with Crippen molar-refractivity contribution in [2.24, 2.45) is 5.92 Å². The van der Waals surface area contributed by atoms with Crippen LogP contribution in [0.15, 0.2) is 18.2 Å². The first-order valence-electron chi connectivity index (χ1n) is 6.13. The van der Waals surface area contributed by atoms with E-state index >= 15 is 0 Å². The lowest BCUT2D eigenvalue weighted by atomic mass is 10.1. The molecule has 0 N–H and O–H groups in total. The van der Waals surface area contributed by atoms with Crippen molar-refractivity contribution in [3.63, 3.8) is 0 Å². The zero-order valence-corrected chi connectivity index (χ0v) is 11.1. The Bertz CT molecular complexity index is 413. The normalized spacial score (nSPS) is 15.1. The summed E-state index contributed by atoms with van der Waals surface area (Å²) in [5.74, 6) is 0.609. The molecule has 1 aliphatic carbocycles. The van der Waals surface area contributed by atoms with Crippen molar-refractivity contribution in [3.05, 3.63) is 28.8 Å². The largest absolute Gasteiger partial charge is 0.367 e. The van der Waals surface area contributed by atoms with E-state index in [1.165, 1.54) is 12.8 Å². The van der Waals surface area contributed by atoms with Gasteiger partial charge in [-0.3, -0.25) is 4.79 Å². The average molecular weight is 252 g/mol. The molecule has 92 valence electrons. The molecule has 1 aromatic carbocycles. The maximum atomic E-state index is 10.7. The Hall–Kier alpha value is -1.02. The fourth-order valence-electron chi connectivity index (χ4n) is 2.05. The van der Waals surface area contributed by atoms with E-state index in [0.29, 0.717) is 22.5 Å². The number of rotatable bonds is 5. The molecule has 1 aliphatic rings. The lowest BCUT2D eigenvalue weighted by Gasteiger charge is -2.27. The number of hydrogen-bond donors (Lipinski definition) is 0. The van der Waals surface area contributed by atoms with Crippen LogP contribution in [0.1, 0.15) is 37.0 Å². The molecule has 1 saturated carbocycles. The van der Waals surface area contributed by atoms with Crippen molar-refractivity contribution in [3.8, 4) is 0 Å². The third kappa shape index (κ3) is 3.01. The van der Waals surface area contributed by atoms with Crippen LogP contribution in [0.4, 0.5) is 5.69 Å². The van der Waals surface area contributed by atoms with Crippen LogP contribution in [-0.4, -0.2) is 18.9 Å². The molecule has 0 radical (unpaired) electrons. The summed E-state index contributed by atoms with van der Waals surface area (Å²) in [5, 5.41) is 0.683. The molecule has 0 aliphatic heterocycles. The Morgan fingerprint density at radius 2 is 2.18 bits per heavy atom. The summed E-state index contributed by atoms with van der Waals surface area (Å²) in [4.78, 5) is 13.1. The highest BCUT2D eigenvalue weighted by molar-refractivity contribution is 6.33. The summed E-state index contributed by atoms with van der Waals surface area (Å²) < 4.78 is 0. The summed E-state index contributed by atoms with van der Waals surface area (Å²) >= 11 is 6.26. The van der Waals surface area contributed by atoms with Crippen molar-refractivity contribution in [2.45, 2.75) is 32.7 Å². The fourth-order valence-corrected chi connectivity index (χ4v) is 2.35. The predicted octanol–water partition coefficient (Wildman–Crippen LogP) is 3.78. The fraction of sp³-hybridized carbons (Fsp3) is 0.500. The first-order valence-corrected chi connectivity index (χ1v) is 6.51. The van der Waals surface area contributed by atoms with E-state index in [0.717, 1.165) is 18.5 Å². The number of benzene rings is 1. The summed E-state index contributed by atoms with van der Waals surface area (Å²) in [6.07, 6.45) is 3.33. The monoisotopic (exact) mass is 251 g/mol. The van der Waals surface area contributed by atoms with Gasteiger partial charge in [0.25, 0.3) is 0 Å². The lowest BCUT2D eigenvalue weighted by molar-refractivity contribution is 0.112. The van der Waals surface area contributed by atoms with Gasteiger partial charge >= 0.3 is 0 Å². The predicted molar refractivity (Wildman–Crippen MR) is 72.0 cm³/mol. The number of halogens is 1. The number of hydrogen-bond acceptors (Lipinski definition) is 2. The Morgan fingerprint density at radius 3 is 2.65 bits per heavy atom. The number of carbonyl (C=O) groups is 1. The summed E-state index contributed by atoms with van der Waals surface area (Å²) in [6, 6.07) is 6.19. The standard InChI is InChI=1S/C14H18ClNO/c1-10(2)8-16(12-4-5-12)14-6-3-11(9-17)7-13(14)15/h3,6-7,9-10,12H,4-5,8H2,1-2H3. The maximum absolute atomic E-state index is 10.7. The van der Waals surface area contributed by atoms with E-state index in [1.807, 2.05) is 12.1 Å². The lowest BCUT2D eigenvalue weighted by Crippen LogP contribution is -2.30. The SMILES string of the molecule is CC(C)CN(c1ccc(C=O)cc1Cl)C1CC1. The molecular weight excluding hydrogens is 234 g/mol. The molecule has 1 aromatic rings. The molecule has 2 nitrogen and oxygen atoms in total. The minimum Gasteiger partial charge on any atom is -0.367 e. The van der Waals surface area contributed by atoms with Crippen molar-refractivity contribution in [2.75, 3.05) is 11.4 Å². The van der Waals surface area contributed by atoms with Gasteiger partial charge < -0.3 is 4.90 Å². The first-order chi connectivity index (χ1) is 8.11. The smallest absolute Gasteiger partial charge is 0.150 e. The highest BCUT2D eigenvalue weighted by Gasteiger charge is 2.30. The van der Waals surface area contributed by atoms with Crippen LogP contribution in [0.25, 0.3) is 0 Å². The molecule has 0 unspecified atom stereocenters. The van der Waals surface area contributed by atoms with Crippen LogP contribution in [0, 0.1) is 5.92 Å². The number of aldehydes is 1. The molecule has 0 saturated heterocycles. The van der Waals surface area contributed by atoms with Crippen molar-refractivity contribution in [1.82, 2.24) is 0 Å². The van der Waals surface area contributed by atoms with Gasteiger partial charge in [-0.1, -0.05) is 25.4 Å². The molecule has 0 amide bonds. The van der Waals surface area contributed by atoms with Crippen LogP contribution in [0.5, 0.6) is 0 Å². The molecule has 1 fully saturated rings. The second kappa shape index (κ2) is 5.09. The van der Waals surface area contributed by atoms with Gasteiger partial charge in [0.05, 0.1) is 10.7 Å². The van der Waals surface area contributed by atoms with Gasteiger partial charge in [-0.05, 0) is 37.0 Å². The van der Waals surface area contributed by atoms with Crippen LogP contribution in [-0.2, 0) is 0 Å². The van der Waals surface area contributed by atoms with E-state index in [9.17, 15) is 4.79 Å². The second-order valence-corrected chi connectivity index (χ2v) is 5.51. The Balaban J connectivity index is 2.25. The Morgan fingerprint density at radius 1 is 1.47 bits per heavy atom. The van der Waals surface area contributed by atoms with Crippen LogP contribution < -0.4 is 4.90 Å². The summed E-state index contributed by atoms with van der Waals surface area (Å²) in [7, 11) is 0. The van der Waals surface area contributed by atoms with Crippen LogP contribution in [0.2, 0.25) is 5.02 Å². The van der Waals surface area contributed by atoms with E-state index < -0.39 is 0 Å². The van der Waals surface area contributed by atoms with Gasteiger partial charge in [-0.15, -0.1) is 0 Å². The van der Waals surface area contributed by atoms with E-state index in [2.05, 4.69) is 18.7 Å². The maximum Gasteiger partial charge on any atom is 0.150 e. The minimum absolute atomic E-state index is 0.609.